The Hall–Kier alpha value is -2.40. The monoisotopic (exact) mass is 342 g/mol. The van der Waals surface area contributed by atoms with Gasteiger partial charge < -0.3 is 10.1 Å². The number of hydrogen-bond acceptors (Lipinski definition) is 3. The lowest BCUT2D eigenvalue weighted by atomic mass is 10.1. The summed E-state index contributed by atoms with van der Waals surface area (Å²) >= 11 is 0. The Labute approximate surface area is 147 Å². The third-order valence-electron chi connectivity index (χ3n) is 4.49. The molecule has 0 atom stereocenters. The van der Waals surface area contributed by atoms with Gasteiger partial charge in [-0.2, -0.15) is 0 Å². The predicted octanol–water partition coefficient (Wildman–Crippen LogP) is 3.36. The van der Waals surface area contributed by atoms with Gasteiger partial charge in [0.05, 0.1) is 7.11 Å². The lowest BCUT2D eigenvalue weighted by Gasteiger charge is -2.14. The number of amides is 1. The summed E-state index contributed by atoms with van der Waals surface area (Å²) in [5.74, 6) is -0.714. The number of nitrogens with one attached hydrogen (secondary N) is 1. The largest absolute Gasteiger partial charge is 0.494 e. The number of halogens is 1. The first-order valence-electron chi connectivity index (χ1n) is 8.57. The van der Waals surface area contributed by atoms with Gasteiger partial charge in [-0.05, 0) is 55.3 Å². The lowest BCUT2D eigenvalue weighted by Crippen LogP contribution is -2.23. The molecule has 1 fully saturated rings. The minimum atomic E-state index is -0.540. The molecule has 2 aromatic carbocycles. The maximum atomic E-state index is 13.7. The Kier molecular flexibility index (Phi) is 5.66. The number of methoxy groups -OCH3 is 1. The van der Waals surface area contributed by atoms with E-state index in [-0.39, 0.29) is 17.2 Å². The maximum absolute atomic E-state index is 13.7. The second-order valence-electron chi connectivity index (χ2n) is 6.33. The van der Waals surface area contributed by atoms with Gasteiger partial charge in [-0.1, -0.05) is 24.3 Å². The molecule has 1 aliphatic rings. The van der Waals surface area contributed by atoms with E-state index in [2.05, 4.69) is 22.3 Å². The Bertz CT molecular complexity index is 725. The quantitative estimate of drug-likeness (QED) is 0.875. The molecular weight excluding hydrogens is 319 g/mol. The number of rotatable bonds is 6. The zero-order valence-corrected chi connectivity index (χ0v) is 14.4. The van der Waals surface area contributed by atoms with E-state index < -0.39 is 5.82 Å². The first-order chi connectivity index (χ1) is 12.2. The fourth-order valence-electron chi connectivity index (χ4n) is 3.05. The highest BCUT2D eigenvalue weighted by atomic mass is 19.1. The van der Waals surface area contributed by atoms with Crippen LogP contribution >= 0.6 is 0 Å². The SMILES string of the molecule is COc1ccc(C(=O)NCc2ccc(CN3CCCC3)cc2)cc1F. The molecule has 5 heteroatoms. The minimum Gasteiger partial charge on any atom is -0.494 e. The smallest absolute Gasteiger partial charge is 0.251 e. The highest BCUT2D eigenvalue weighted by Gasteiger charge is 2.12. The Morgan fingerprint density at radius 1 is 1.12 bits per heavy atom. The van der Waals surface area contributed by atoms with Gasteiger partial charge in [0, 0.05) is 18.7 Å². The lowest BCUT2D eigenvalue weighted by molar-refractivity contribution is 0.0950. The summed E-state index contributed by atoms with van der Waals surface area (Å²) in [6, 6.07) is 12.5. The molecule has 1 N–H and O–H groups in total. The molecule has 4 nitrogen and oxygen atoms in total. The van der Waals surface area contributed by atoms with Crippen molar-refractivity contribution in [3.05, 3.63) is 65.0 Å². The molecule has 0 radical (unpaired) electrons. The van der Waals surface area contributed by atoms with Crippen LogP contribution in [0.25, 0.3) is 0 Å². The van der Waals surface area contributed by atoms with Crippen molar-refractivity contribution >= 4 is 5.91 Å². The van der Waals surface area contributed by atoms with Crippen molar-refractivity contribution < 1.29 is 13.9 Å². The van der Waals surface area contributed by atoms with Gasteiger partial charge >= 0.3 is 0 Å². The highest BCUT2D eigenvalue weighted by molar-refractivity contribution is 5.94. The summed E-state index contributed by atoms with van der Waals surface area (Å²) in [6.07, 6.45) is 2.58. The molecular formula is C20H23FN2O2. The van der Waals surface area contributed by atoms with Crippen LogP contribution in [-0.2, 0) is 13.1 Å². The number of benzene rings is 2. The standard InChI is InChI=1S/C20H23FN2O2/c1-25-19-9-8-17(12-18(19)21)20(24)22-13-15-4-6-16(7-5-15)14-23-10-2-3-11-23/h4-9,12H,2-3,10-11,13-14H2,1H3,(H,22,24). The average Bonchev–Trinajstić information content (AvgIpc) is 3.14. The van der Waals surface area contributed by atoms with Crippen molar-refractivity contribution in [2.75, 3.05) is 20.2 Å². The molecule has 0 saturated carbocycles. The molecule has 1 amide bonds. The van der Waals surface area contributed by atoms with Crippen LogP contribution in [0.2, 0.25) is 0 Å². The van der Waals surface area contributed by atoms with E-state index in [4.69, 9.17) is 4.74 Å². The van der Waals surface area contributed by atoms with E-state index in [1.807, 2.05) is 12.1 Å². The van der Waals surface area contributed by atoms with Crippen LogP contribution in [0.1, 0.15) is 34.3 Å². The first kappa shape index (κ1) is 17.4. The Balaban J connectivity index is 1.53. The van der Waals surface area contributed by atoms with Gasteiger partial charge in [-0.25, -0.2) is 4.39 Å². The van der Waals surface area contributed by atoms with Crippen LogP contribution in [0.5, 0.6) is 5.75 Å². The van der Waals surface area contributed by atoms with Crippen molar-refractivity contribution in [3.63, 3.8) is 0 Å². The maximum Gasteiger partial charge on any atom is 0.251 e. The van der Waals surface area contributed by atoms with Crippen LogP contribution in [-0.4, -0.2) is 31.0 Å². The number of likely N-dealkylation sites (tertiary alicyclic amines) is 1. The molecule has 1 saturated heterocycles. The van der Waals surface area contributed by atoms with Gasteiger partial charge in [0.25, 0.3) is 5.91 Å². The second kappa shape index (κ2) is 8.12. The van der Waals surface area contributed by atoms with E-state index in [1.165, 1.54) is 50.7 Å². The Morgan fingerprint density at radius 2 is 1.80 bits per heavy atom. The summed E-state index contributed by atoms with van der Waals surface area (Å²) in [4.78, 5) is 14.6. The summed E-state index contributed by atoms with van der Waals surface area (Å²) < 4.78 is 18.5. The summed E-state index contributed by atoms with van der Waals surface area (Å²) in [5, 5.41) is 2.82. The van der Waals surface area contributed by atoms with Gasteiger partial charge in [0.2, 0.25) is 0 Å². The summed E-state index contributed by atoms with van der Waals surface area (Å²) in [5.41, 5.74) is 2.59. The molecule has 2 aromatic rings. The van der Waals surface area contributed by atoms with Gasteiger partial charge in [-0.15, -0.1) is 0 Å². The van der Waals surface area contributed by atoms with Crippen LogP contribution in [0.3, 0.4) is 0 Å². The normalized spacial score (nSPS) is 14.5. The van der Waals surface area contributed by atoms with Gasteiger partial charge in [-0.3, -0.25) is 9.69 Å². The number of hydrogen-bond donors (Lipinski definition) is 1. The van der Waals surface area contributed by atoms with Crippen molar-refractivity contribution in [1.82, 2.24) is 10.2 Å². The molecule has 1 heterocycles. The molecule has 25 heavy (non-hydrogen) atoms. The molecule has 0 unspecified atom stereocenters. The fraction of sp³-hybridized carbons (Fsp3) is 0.350. The fourth-order valence-corrected chi connectivity index (χ4v) is 3.05. The van der Waals surface area contributed by atoms with Crippen molar-refractivity contribution in [3.8, 4) is 5.75 Å². The van der Waals surface area contributed by atoms with E-state index in [0.29, 0.717) is 6.54 Å². The van der Waals surface area contributed by atoms with Gasteiger partial charge in [0.15, 0.2) is 11.6 Å². The molecule has 3 rings (SSSR count). The highest BCUT2D eigenvalue weighted by Crippen LogP contribution is 2.18. The van der Waals surface area contributed by atoms with Crippen molar-refractivity contribution in [2.24, 2.45) is 0 Å². The molecule has 0 spiro atoms. The van der Waals surface area contributed by atoms with E-state index in [1.54, 1.807) is 6.07 Å². The number of nitrogens with zero attached hydrogens (tertiary/aromatic N) is 1. The number of ether oxygens (including phenoxy) is 1. The van der Waals surface area contributed by atoms with E-state index in [9.17, 15) is 9.18 Å². The third kappa shape index (κ3) is 4.57. The molecule has 132 valence electrons. The van der Waals surface area contributed by atoms with Gasteiger partial charge in [0.1, 0.15) is 0 Å². The second-order valence-corrected chi connectivity index (χ2v) is 6.33. The van der Waals surface area contributed by atoms with Crippen molar-refractivity contribution in [1.29, 1.82) is 0 Å². The van der Waals surface area contributed by atoms with E-state index in [0.717, 1.165) is 12.1 Å². The molecule has 0 bridgehead atoms. The zero-order valence-electron chi connectivity index (χ0n) is 14.4. The summed E-state index contributed by atoms with van der Waals surface area (Å²) in [6.45, 7) is 3.75. The number of carbonyl (C=O) groups excluding carboxylic acids is 1. The number of carbonyl (C=O) groups is 1. The molecule has 0 aliphatic carbocycles. The topological polar surface area (TPSA) is 41.6 Å². The molecule has 0 aromatic heterocycles. The predicted molar refractivity (Wildman–Crippen MR) is 95.1 cm³/mol. The third-order valence-corrected chi connectivity index (χ3v) is 4.49. The summed E-state index contributed by atoms with van der Waals surface area (Å²) in [7, 11) is 1.39. The first-order valence-corrected chi connectivity index (χ1v) is 8.57. The Morgan fingerprint density at radius 3 is 2.44 bits per heavy atom. The molecule has 1 aliphatic heterocycles. The van der Waals surface area contributed by atoms with Crippen LogP contribution < -0.4 is 10.1 Å². The average molecular weight is 342 g/mol. The zero-order chi connectivity index (χ0) is 17.6. The van der Waals surface area contributed by atoms with Crippen LogP contribution in [0, 0.1) is 5.82 Å². The van der Waals surface area contributed by atoms with Crippen LogP contribution in [0.4, 0.5) is 4.39 Å². The minimum absolute atomic E-state index is 0.130. The van der Waals surface area contributed by atoms with Crippen LogP contribution in [0.15, 0.2) is 42.5 Å². The van der Waals surface area contributed by atoms with E-state index >= 15 is 0 Å². The van der Waals surface area contributed by atoms with Crippen molar-refractivity contribution in [2.45, 2.75) is 25.9 Å².